The largest absolute Gasteiger partial charge is 0.508 e. The van der Waals surface area contributed by atoms with E-state index in [2.05, 4.69) is 30.1 Å². The SMILES string of the molecule is CN1CCCC2C(c3ccccc3N)c3cc(O)ccc3C21. The molecular formula is C19H22N2O. The molecule has 1 saturated heterocycles. The van der Waals surface area contributed by atoms with Crippen molar-refractivity contribution in [2.24, 2.45) is 5.92 Å². The van der Waals surface area contributed by atoms with Crippen LogP contribution in [0.5, 0.6) is 5.75 Å². The van der Waals surface area contributed by atoms with E-state index in [4.69, 9.17) is 5.73 Å². The summed E-state index contributed by atoms with van der Waals surface area (Å²) in [5, 5.41) is 9.98. The van der Waals surface area contributed by atoms with Crippen LogP contribution in [0.25, 0.3) is 0 Å². The highest BCUT2D eigenvalue weighted by Gasteiger charge is 2.45. The molecule has 1 aliphatic carbocycles. The summed E-state index contributed by atoms with van der Waals surface area (Å²) in [6, 6.07) is 14.5. The van der Waals surface area contributed by atoms with E-state index in [1.807, 2.05) is 24.3 Å². The number of nitrogens with two attached hydrogens (primary N) is 1. The van der Waals surface area contributed by atoms with Gasteiger partial charge >= 0.3 is 0 Å². The maximum absolute atomic E-state index is 9.98. The zero-order valence-corrected chi connectivity index (χ0v) is 12.9. The van der Waals surface area contributed by atoms with Crippen LogP contribution in [0.2, 0.25) is 0 Å². The maximum atomic E-state index is 9.98. The molecule has 1 heterocycles. The van der Waals surface area contributed by atoms with Crippen LogP contribution in [0.15, 0.2) is 42.5 Å². The van der Waals surface area contributed by atoms with Crippen molar-refractivity contribution in [2.75, 3.05) is 19.3 Å². The second-order valence-corrected chi connectivity index (χ2v) is 6.65. The molecule has 3 heteroatoms. The van der Waals surface area contributed by atoms with E-state index in [0.717, 1.165) is 12.2 Å². The monoisotopic (exact) mass is 294 g/mol. The number of hydrogen-bond donors (Lipinski definition) is 2. The summed E-state index contributed by atoms with van der Waals surface area (Å²) in [5.74, 6) is 1.18. The lowest BCUT2D eigenvalue weighted by Crippen LogP contribution is -2.34. The molecule has 2 aromatic carbocycles. The fourth-order valence-corrected chi connectivity index (χ4v) is 4.54. The van der Waals surface area contributed by atoms with Gasteiger partial charge in [-0.25, -0.2) is 0 Å². The summed E-state index contributed by atoms with van der Waals surface area (Å²) < 4.78 is 0. The predicted molar refractivity (Wildman–Crippen MR) is 88.9 cm³/mol. The first-order valence-electron chi connectivity index (χ1n) is 8.04. The lowest BCUT2D eigenvalue weighted by Gasteiger charge is -2.37. The number of anilines is 1. The number of hydrogen-bond acceptors (Lipinski definition) is 3. The Morgan fingerprint density at radius 3 is 2.73 bits per heavy atom. The van der Waals surface area contributed by atoms with Gasteiger partial charge in [-0.1, -0.05) is 24.3 Å². The van der Waals surface area contributed by atoms with Gasteiger partial charge in [-0.15, -0.1) is 0 Å². The molecule has 2 aliphatic rings. The summed E-state index contributed by atoms with van der Waals surface area (Å²) >= 11 is 0. The Bertz CT molecular complexity index is 712. The summed E-state index contributed by atoms with van der Waals surface area (Å²) in [5.41, 5.74) is 10.9. The molecule has 3 N–H and O–H groups in total. The number of rotatable bonds is 1. The van der Waals surface area contributed by atoms with Crippen LogP contribution in [-0.4, -0.2) is 23.6 Å². The van der Waals surface area contributed by atoms with Crippen LogP contribution in [0, 0.1) is 5.92 Å². The van der Waals surface area contributed by atoms with E-state index in [9.17, 15) is 5.11 Å². The Labute approximate surface area is 131 Å². The number of phenols is 1. The lowest BCUT2D eigenvalue weighted by atomic mass is 9.79. The van der Waals surface area contributed by atoms with Gasteiger partial charge in [0.05, 0.1) is 0 Å². The van der Waals surface area contributed by atoms with Gasteiger partial charge in [0.2, 0.25) is 0 Å². The predicted octanol–water partition coefficient (Wildman–Crippen LogP) is 3.50. The zero-order valence-electron chi connectivity index (χ0n) is 12.9. The second kappa shape index (κ2) is 5.03. The van der Waals surface area contributed by atoms with Crippen molar-refractivity contribution in [1.29, 1.82) is 0 Å². The maximum Gasteiger partial charge on any atom is 0.115 e. The molecule has 3 unspecified atom stereocenters. The third kappa shape index (κ3) is 1.92. The Kier molecular flexibility index (Phi) is 3.12. The lowest BCUT2D eigenvalue weighted by molar-refractivity contribution is 0.127. The average Bonchev–Trinajstić information content (AvgIpc) is 2.82. The van der Waals surface area contributed by atoms with Crippen molar-refractivity contribution in [3.63, 3.8) is 0 Å². The van der Waals surface area contributed by atoms with Gasteiger partial charge in [-0.05, 0) is 67.2 Å². The smallest absolute Gasteiger partial charge is 0.115 e. The van der Waals surface area contributed by atoms with E-state index in [1.54, 1.807) is 0 Å². The van der Waals surface area contributed by atoms with E-state index >= 15 is 0 Å². The molecule has 2 aromatic rings. The summed E-state index contributed by atoms with van der Waals surface area (Å²) in [7, 11) is 2.21. The van der Waals surface area contributed by atoms with Crippen LogP contribution >= 0.6 is 0 Å². The molecule has 0 amide bonds. The number of phenolic OH excluding ortho intramolecular Hbond substituents is 1. The van der Waals surface area contributed by atoms with Crippen molar-refractivity contribution < 1.29 is 5.11 Å². The standard InChI is InChI=1S/C19H22N2O/c1-21-10-4-6-15-18(14-5-2-3-7-17(14)20)16-11-12(22)8-9-13(16)19(15)21/h2-3,5,7-9,11,15,18-19,22H,4,6,10,20H2,1H3. The van der Waals surface area contributed by atoms with Crippen LogP contribution in [0.1, 0.15) is 41.5 Å². The Balaban J connectivity index is 1.91. The average molecular weight is 294 g/mol. The van der Waals surface area contributed by atoms with E-state index in [0.29, 0.717) is 17.7 Å². The molecule has 0 aromatic heterocycles. The van der Waals surface area contributed by atoms with Crippen molar-refractivity contribution in [1.82, 2.24) is 4.90 Å². The summed E-state index contributed by atoms with van der Waals surface area (Å²) in [4.78, 5) is 2.46. The first kappa shape index (κ1) is 13.6. The number of benzene rings is 2. The van der Waals surface area contributed by atoms with E-state index in [-0.39, 0.29) is 5.92 Å². The number of fused-ring (bicyclic) bond motifs is 3. The van der Waals surface area contributed by atoms with Crippen molar-refractivity contribution in [3.05, 3.63) is 59.2 Å². The van der Waals surface area contributed by atoms with Gasteiger partial charge in [0.1, 0.15) is 5.75 Å². The van der Waals surface area contributed by atoms with Gasteiger partial charge in [0.25, 0.3) is 0 Å². The Morgan fingerprint density at radius 2 is 1.91 bits per heavy atom. The number of aromatic hydroxyl groups is 1. The minimum absolute atomic E-state index is 0.288. The Morgan fingerprint density at radius 1 is 1.09 bits per heavy atom. The van der Waals surface area contributed by atoms with Crippen molar-refractivity contribution >= 4 is 5.69 Å². The van der Waals surface area contributed by atoms with Gasteiger partial charge in [0, 0.05) is 17.6 Å². The van der Waals surface area contributed by atoms with Crippen LogP contribution < -0.4 is 5.73 Å². The highest BCUT2D eigenvalue weighted by Crippen LogP contribution is 2.55. The molecule has 0 radical (unpaired) electrons. The first-order valence-corrected chi connectivity index (χ1v) is 8.04. The molecule has 1 fully saturated rings. The molecule has 4 rings (SSSR count). The van der Waals surface area contributed by atoms with Gasteiger partial charge in [0.15, 0.2) is 0 Å². The zero-order chi connectivity index (χ0) is 15.3. The molecule has 0 bridgehead atoms. The molecule has 0 saturated carbocycles. The highest BCUT2D eigenvalue weighted by molar-refractivity contribution is 5.57. The highest BCUT2D eigenvalue weighted by atomic mass is 16.3. The normalized spacial score (nSPS) is 27.4. The van der Waals surface area contributed by atoms with E-state index in [1.165, 1.54) is 29.5 Å². The molecule has 3 atom stereocenters. The third-order valence-corrected chi connectivity index (χ3v) is 5.41. The van der Waals surface area contributed by atoms with Gasteiger partial charge in [-0.2, -0.15) is 0 Å². The van der Waals surface area contributed by atoms with Crippen LogP contribution in [0.4, 0.5) is 5.69 Å². The first-order chi connectivity index (χ1) is 10.7. The molecule has 114 valence electrons. The molecule has 3 nitrogen and oxygen atoms in total. The summed E-state index contributed by atoms with van der Waals surface area (Å²) in [6.07, 6.45) is 2.43. The van der Waals surface area contributed by atoms with Crippen LogP contribution in [0.3, 0.4) is 0 Å². The van der Waals surface area contributed by atoms with Gasteiger partial charge < -0.3 is 10.8 Å². The number of nitrogens with zero attached hydrogens (tertiary/aromatic N) is 1. The number of likely N-dealkylation sites (tertiary alicyclic amines) is 1. The molecular weight excluding hydrogens is 272 g/mol. The van der Waals surface area contributed by atoms with Crippen molar-refractivity contribution in [2.45, 2.75) is 24.8 Å². The van der Waals surface area contributed by atoms with Crippen molar-refractivity contribution in [3.8, 4) is 5.75 Å². The fourth-order valence-electron chi connectivity index (χ4n) is 4.54. The molecule has 1 aliphatic heterocycles. The fraction of sp³-hybridized carbons (Fsp3) is 0.368. The van der Waals surface area contributed by atoms with E-state index < -0.39 is 0 Å². The minimum Gasteiger partial charge on any atom is -0.508 e. The summed E-state index contributed by atoms with van der Waals surface area (Å²) in [6.45, 7) is 1.14. The second-order valence-electron chi connectivity index (χ2n) is 6.65. The topological polar surface area (TPSA) is 49.5 Å². The van der Waals surface area contributed by atoms with Crippen LogP contribution in [-0.2, 0) is 0 Å². The number of piperidine rings is 1. The number of para-hydroxylation sites is 1. The Hall–Kier alpha value is -2.00. The third-order valence-electron chi connectivity index (χ3n) is 5.41. The molecule has 0 spiro atoms. The molecule has 22 heavy (non-hydrogen) atoms. The minimum atomic E-state index is 0.288. The number of nitrogen functional groups attached to an aromatic ring is 1. The quantitative estimate of drug-likeness (QED) is 0.791. The van der Waals surface area contributed by atoms with Gasteiger partial charge in [-0.3, -0.25) is 4.90 Å².